The van der Waals surface area contributed by atoms with Gasteiger partial charge in [-0.05, 0) is 53.8 Å². The molecule has 2 heteroatoms. The lowest BCUT2D eigenvalue weighted by Crippen LogP contribution is -1.97. The summed E-state index contributed by atoms with van der Waals surface area (Å²) in [4.78, 5) is 0. The molecule has 1 nitrogen and oxygen atoms in total. The number of aryl methyl sites for hydroxylation is 1. The average molecular weight is 319 g/mol. The van der Waals surface area contributed by atoms with Crippen molar-refractivity contribution >= 4 is 15.9 Å². The Bertz CT molecular complexity index is 544. The lowest BCUT2D eigenvalue weighted by molar-refractivity contribution is 0.306. The molecule has 0 aliphatic heterocycles. The van der Waals surface area contributed by atoms with Gasteiger partial charge in [-0.1, -0.05) is 48.0 Å². The van der Waals surface area contributed by atoms with Gasteiger partial charge < -0.3 is 4.74 Å². The third-order valence-corrected chi connectivity index (χ3v) is 3.71. The summed E-state index contributed by atoms with van der Waals surface area (Å²) in [5.74, 6) is 1.49. The smallest absolute Gasteiger partial charge is 0.120 e. The monoisotopic (exact) mass is 318 g/mol. The fraction of sp³-hybridized carbons (Fsp3) is 0.294. The van der Waals surface area contributed by atoms with Crippen LogP contribution in [0.15, 0.2) is 46.9 Å². The van der Waals surface area contributed by atoms with Crippen LogP contribution in [0.2, 0.25) is 0 Å². The molecule has 0 aliphatic carbocycles. The van der Waals surface area contributed by atoms with E-state index in [1.165, 1.54) is 16.7 Å². The van der Waals surface area contributed by atoms with Gasteiger partial charge >= 0.3 is 0 Å². The highest BCUT2D eigenvalue weighted by Gasteiger charge is 2.04. The Morgan fingerprint density at radius 2 is 1.74 bits per heavy atom. The van der Waals surface area contributed by atoms with E-state index < -0.39 is 0 Å². The SMILES string of the molecule is Cc1cc(OCc2ccc(Br)cc2)ccc1C(C)C. The van der Waals surface area contributed by atoms with Gasteiger partial charge in [-0.15, -0.1) is 0 Å². The molecule has 0 spiro atoms. The minimum absolute atomic E-state index is 0.556. The van der Waals surface area contributed by atoms with Crippen LogP contribution < -0.4 is 4.74 Å². The van der Waals surface area contributed by atoms with Crippen LogP contribution in [0.25, 0.3) is 0 Å². The van der Waals surface area contributed by atoms with Gasteiger partial charge in [-0.2, -0.15) is 0 Å². The molecule has 0 heterocycles. The Balaban J connectivity index is 2.04. The van der Waals surface area contributed by atoms with Crippen molar-refractivity contribution in [1.29, 1.82) is 0 Å². The largest absolute Gasteiger partial charge is 0.489 e. The van der Waals surface area contributed by atoms with Gasteiger partial charge in [0.05, 0.1) is 0 Å². The normalized spacial score (nSPS) is 10.8. The van der Waals surface area contributed by atoms with Crippen LogP contribution in [0.3, 0.4) is 0 Å². The Morgan fingerprint density at radius 3 is 2.32 bits per heavy atom. The topological polar surface area (TPSA) is 9.23 Å². The average Bonchev–Trinajstić information content (AvgIpc) is 2.37. The fourth-order valence-corrected chi connectivity index (χ4v) is 2.40. The van der Waals surface area contributed by atoms with E-state index in [0.29, 0.717) is 12.5 Å². The summed E-state index contributed by atoms with van der Waals surface area (Å²) in [7, 11) is 0. The highest BCUT2D eigenvalue weighted by atomic mass is 79.9. The van der Waals surface area contributed by atoms with Crippen LogP contribution >= 0.6 is 15.9 Å². The van der Waals surface area contributed by atoms with Crippen molar-refractivity contribution in [2.75, 3.05) is 0 Å². The van der Waals surface area contributed by atoms with Crippen molar-refractivity contribution in [3.8, 4) is 5.75 Å². The zero-order chi connectivity index (χ0) is 13.8. The molecule has 0 saturated heterocycles. The summed E-state index contributed by atoms with van der Waals surface area (Å²) in [6.07, 6.45) is 0. The first kappa shape index (κ1) is 14.1. The predicted octanol–water partition coefficient (Wildman–Crippen LogP) is 5.46. The molecule has 100 valence electrons. The Labute approximate surface area is 123 Å². The van der Waals surface area contributed by atoms with Crippen LogP contribution in [0, 0.1) is 6.92 Å². The quantitative estimate of drug-likeness (QED) is 0.727. The number of rotatable bonds is 4. The molecule has 2 aromatic carbocycles. The van der Waals surface area contributed by atoms with E-state index in [1.807, 2.05) is 12.1 Å². The van der Waals surface area contributed by atoms with Crippen LogP contribution in [-0.4, -0.2) is 0 Å². The Kier molecular flexibility index (Phi) is 4.65. The molecule has 0 aromatic heterocycles. The predicted molar refractivity (Wildman–Crippen MR) is 83.7 cm³/mol. The lowest BCUT2D eigenvalue weighted by Gasteiger charge is -2.12. The maximum absolute atomic E-state index is 5.83. The first-order valence-corrected chi connectivity index (χ1v) is 7.33. The molecule has 2 rings (SSSR count). The van der Waals surface area contributed by atoms with Crippen LogP contribution in [0.1, 0.15) is 36.5 Å². The highest BCUT2D eigenvalue weighted by molar-refractivity contribution is 9.10. The molecule has 0 aliphatic rings. The van der Waals surface area contributed by atoms with Gasteiger partial charge in [0.2, 0.25) is 0 Å². The molecule has 0 fully saturated rings. The molecule has 0 amide bonds. The van der Waals surface area contributed by atoms with Crippen molar-refractivity contribution < 1.29 is 4.74 Å². The van der Waals surface area contributed by atoms with E-state index in [9.17, 15) is 0 Å². The number of benzene rings is 2. The Hall–Kier alpha value is -1.28. The molecule has 0 bridgehead atoms. The summed E-state index contributed by atoms with van der Waals surface area (Å²) in [5, 5.41) is 0. The second-order valence-electron chi connectivity index (χ2n) is 5.09. The third-order valence-electron chi connectivity index (χ3n) is 3.18. The second-order valence-corrected chi connectivity index (χ2v) is 6.00. The first-order valence-electron chi connectivity index (χ1n) is 6.54. The highest BCUT2D eigenvalue weighted by Crippen LogP contribution is 2.24. The van der Waals surface area contributed by atoms with Crippen LogP contribution in [0.4, 0.5) is 0 Å². The van der Waals surface area contributed by atoms with E-state index in [2.05, 4.69) is 67.0 Å². The van der Waals surface area contributed by atoms with Gasteiger partial charge in [-0.25, -0.2) is 0 Å². The van der Waals surface area contributed by atoms with E-state index in [-0.39, 0.29) is 0 Å². The molecule has 0 radical (unpaired) electrons. The van der Waals surface area contributed by atoms with Crippen molar-refractivity contribution in [1.82, 2.24) is 0 Å². The fourth-order valence-electron chi connectivity index (χ4n) is 2.13. The maximum Gasteiger partial charge on any atom is 0.120 e. The van der Waals surface area contributed by atoms with Gasteiger partial charge in [0.15, 0.2) is 0 Å². The number of ether oxygens (including phenoxy) is 1. The molecule has 0 N–H and O–H groups in total. The van der Waals surface area contributed by atoms with Crippen molar-refractivity contribution in [2.45, 2.75) is 33.3 Å². The van der Waals surface area contributed by atoms with E-state index >= 15 is 0 Å². The Morgan fingerprint density at radius 1 is 1.05 bits per heavy atom. The minimum Gasteiger partial charge on any atom is -0.489 e. The first-order chi connectivity index (χ1) is 9.06. The van der Waals surface area contributed by atoms with Crippen molar-refractivity contribution in [2.24, 2.45) is 0 Å². The lowest BCUT2D eigenvalue weighted by atomic mass is 9.98. The minimum atomic E-state index is 0.556. The number of hydrogen-bond acceptors (Lipinski definition) is 1. The molecule has 0 atom stereocenters. The van der Waals surface area contributed by atoms with Crippen LogP contribution in [-0.2, 0) is 6.61 Å². The van der Waals surface area contributed by atoms with Gasteiger partial charge in [0.25, 0.3) is 0 Å². The summed E-state index contributed by atoms with van der Waals surface area (Å²) < 4.78 is 6.92. The summed E-state index contributed by atoms with van der Waals surface area (Å²) in [6, 6.07) is 14.5. The summed E-state index contributed by atoms with van der Waals surface area (Å²) in [6.45, 7) is 7.17. The molecule has 0 unspecified atom stereocenters. The summed E-state index contributed by atoms with van der Waals surface area (Å²) in [5.41, 5.74) is 3.85. The van der Waals surface area contributed by atoms with Crippen LogP contribution in [0.5, 0.6) is 5.75 Å². The van der Waals surface area contributed by atoms with Crippen molar-refractivity contribution in [3.05, 3.63) is 63.6 Å². The molecule has 2 aromatic rings. The zero-order valence-electron chi connectivity index (χ0n) is 11.6. The molecular weight excluding hydrogens is 300 g/mol. The number of halogens is 1. The van der Waals surface area contributed by atoms with Gasteiger partial charge in [-0.3, -0.25) is 0 Å². The third kappa shape index (κ3) is 3.84. The van der Waals surface area contributed by atoms with Crippen molar-refractivity contribution in [3.63, 3.8) is 0 Å². The van der Waals surface area contributed by atoms with E-state index in [1.54, 1.807) is 0 Å². The molecular formula is C17H19BrO. The van der Waals surface area contributed by atoms with Gasteiger partial charge in [0, 0.05) is 4.47 Å². The van der Waals surface area contributed by atoms with Gasteiger partial charge in [0.1, 0.15) is 12.4 Å². The number of hydrogen-bond donors (Lipinski definition) is 0. The second kappa shape index (κ2) is 6.25. The summed E-state index contributed by atoms with van der Waals surface area (Å²) >= 11 is 3.43. The molecule has 19 heavy (non-hydrogen) atoms. The van der Waals surface area contributed by atoms with E-state index in [0.717, 1.165) is 10.2 Å². The zero-order valence-corrected chi connectivity index (χ0v) is 13.2. The molecule has 0 saturated carbocycles. The van der Waals surface area contributed by atoms with E-state index in [4.69, 9.17) is 4.74 Å². The maximum atomic E-state index is 5.83. The standard InChI is InChI=1S/C17H19BrO/c1-12(2)17-9-8-16(10-13(17)3)19-11-14-4-6-15(18)7-5-14/h4-10,12H,11H2,1-3H3.